The molecule has 1 aromatic rings. The van der Waals surface area contributed by atoms with E-state index < -0.39 is 42.2 Å². The van der Waals surface area contributed by atoms with E-state index in [1.54, 1.807) is 6.92 Å². The molecule has 0 saturated heterocycles. The first-order valence-corrected chi connectivity index (χ1v) is 22.6. The minimum Gasteiger partial charge on any atom is -0.481 e. The number of hydrogen-bond acceptors (Lipinski definition) is 8. The van der Waals surface area contributed by atoms with Gasteiger partial charge in [0, 0.05) is 37.3 Å². The monoisotopic (exact) mass is 839 g/mol. The lowest BCUT2D eigenvalue weighted by Crippen LogP contribution is -2.45. The van der Waals surface area contributed by atoms with Gasteiger partial charge in [-0.3, -0.25) is 9.59 Å². The third kappa shape index (κ3) is 21.3. The summed E-state index contributed by atoms with van der Waals surface area (Å²) in [4.78, 5) is 45.2. The Hall–Kier alpha value is -3.16. The summed E-state index contributed by atoms with van der Waals surface area (Å²) in [6.45, 7) is 5.59. The molecule has 13 heteroatoms. The van der Waals surface area contributed by atoms with Gasteiger partial charge in [0.2, 0.25) is 0 Å². The van der Waals surface area contributed by atoms with E-state index in [9.17, 15) is 38.2 Å². The molecule has 1 aromatic carbocycles. The predicted octanol–water partition coefficient (Wildman–Crippen LogP) is 9.60. The van der Waals surface area contributed by atoms with Gasteiger partial charge in [0.15, 0.2) is 0 Å². The second kappa shape index (κ2) is 29.2. The van der Waals surface area contributed by atoms with Crippen LogP contribution in [0.5, 0.6) is 0 Å². The fourth-order valence-corrected chi connectivity index (χ4v) is 8.37. The molecule has 0 aliphatic heterocycles. The van der Waals surface area contributed by atoms with E-state index in [-0.39, 0.29) is 62.2 Å². The Morgan fingerprint density at radius 2 is 1.46 bits per heavy atom. The van der Waals surface area contributed by atoms with Crippen LogP contribution in [0.15, 0.2) is 30.3 Å². The van der Waals surface area contributed by atoms with Crippen molar-refractivity contribution in [3.8, 4) is 0 Å². The number of halogens is 2. The summed E-state index contributed by atoms with van der Waals surface area (Å²) < 4.78 is 32.8. The van der Waals surface area contributed by atoms with Crippen LogP contribution in [-0.4, -0.2) is 80.5 Å². The molecule has 3 aliphatic rings. The molecule has 59 heavy (non-hydrogen) atoms. The zero-order chi connectivity index (χ0) is 43.6. The number of amides is 1. The number of rotatable bonds is 22. The van der Waals surface area contributed by atoms with Crippen LogP contribution in [0.25, 0.3) is 0 Å². The Balaban J connectivity index is 0.000000325. The first-order valence-electron chi connectivity index (χ1n) is 22.6. The van der Waals surface area contributed by atoms with Crippen LogP contribution in [0.4, 0.5) is 13.6 Å². The van der Waals surface area contributed by atoms with Gasteiger partial charge in [-0.15, -0.1) is 0 Å². The standard InChI is InChI=1S/C20H34F2O5.C14H19NO4.C12H23N/c1-2-3-12-20(21,22)18(25)11-10-15-14(16(23)13-17(15)24)8-6-4-5-7-9-19(26)27;1-3-10(2)12(13(16)17)15-14(18)19-9-11-7-5-4-6-8-11;1-3-7-11(8-4-1)13-12-9-5-2-6-10-12/h14-15,17-18,24-25H,2-13H2,1H3,(H,26,27);4-8,10,12H,3,9H2,1-2H3,(H,15,18)(H,16,17);11-13H,1-10H2/t14-,15-,17-,18?;10-,12-;/m10./s1. The van der Waals surface area contributed by atoms with E-state index in [4.69, 9.17) is 14.9 Å². The average molecular weight is 839 g/mol. The number of nitrogens with one attached hydrogen (secondary N) is 2. The van der Waals surface area contributed by atoms with Gasteiger partial charge in [-0.1, -0.05) is 122 Å². The number of aliphatic hydroxyl groups excluding tert-OH is 2. The van der Waals surface area contributed by atoms with E-state index >= 15 is 0 Å². The molecule has 4 rings (SSSR count). The maximum atomic E-state index is 13.9. The summed E-state index contributed by atoms with van der Waals surface area (Å²) in [5.74, 6) is -5.93. The summed E-state index contributed by atoms with van der Waals surface area (Å²) in [6.07, 6.45) is 16.3. The number of ketones is 1. The Kier molecular flexibility index (Phi) is 25.7. The molecular formula is C46H76F2N2O9. The molecule has 1 amide bonds. The molecule has 0 bridgehead atoms. The third-order valence-corrected chi connectivity index (χ3v) is 12.3. The quantitative estimate of drug-likeness (QED) is 0.0615. The minimum absolute atomic E-state index is 0.0368. The van der Waals surface area contributed by atoms with Crippen molar-refractivity contribution in [2.75, 3.05) is 0 Å². The van der Waals surface area contributed by atoms with Crippen LogP contribution in [-0.2, 0) is 25.7 Å². The Morgan fingerprint density at radius 3 is 2.00 bits per heavy atom. The highest BCUT2D eigenvalue weighted by molar-refractivity contribution is 5.84. The van der Waals surface area contributed by atoms with Crippen molar-refractivity contribution in [1.29, 1.82) is 0 Å². The molecule has 11 nitrogen and oxygen atoms in total. The van der Waals surface area contributed by atoms with Crippen molar-refractivity contribution < 1.29 is 53.1 Å². The van der Waals surface area contributed by atoms with E-state index in [2.05, 4.69) is 10.6 Å². The molecule has 3 aliphatic carbocycles. The zero-order valence-corrected chi connectivity index (χ0v) is 36.1. The number of carboxylic acid groups (broad SMARTS) is 2. The van der Waals surface area contributed by atoms with Crippen molar-refractivity contribution in [1.82, 2.24) is 10.6 Å². The molecule has 3 fully saturated rings. The van der Waals surface area contributed by atoms with Gasteiger partial charge in [0.1, 0.15) is 24.5 Å². The molecule has 6 atom stereocenters. The lowest BCUT2D eigenvalue weighted by molar-refractivity contribution is -0.141. The number of hydrogen-bond donors (Lipinski definition) is 6. The zero-order valence-electron chi connectivity index (χ0n) is 36.1. The largest absolute Gasteiger partial charge is 0.481 e. The van der Waals surface area contributed by atoms with E-state index in [0.29, 0.717) is 32.1 Å². The molecule has 0 spiro atoms. The number of ether oxygens (including phenoxy) is 1. The minimum atomic E-state index is -3.14. The van der Waals surface area contributed by atoms with Crippen LogP contribution in [0.3, 0.4) is 0 Å². The normalized spacial score (nSPS) is 21.5. The predicted molar refractivity (Wildman–Crippen MR) is 225 cm³/mol. The van der Waals surface area contributed by atoms with Gasteiger partial charge >= 0.3 is 18.0 Å². The third-order valence-electron chi connectivity index (χ3n) is 12.3. The first-order chi connectivity index (χ1) is 28.2. The number of alkyl halides is 2. The summed E-state index contributed by atoms with van der Waals surface area (Å²) in [6, 6.07) is 10.0. The number of aliphatic hydroxyl groups is 2. The number of carbonyl (C=O) groups excluding carboxylic acids is 2. The lowest BCUT2D eigenvalue weighted by Gasteiger charge is -2.30. The van der Waals surface area contributed by atoms with Gasteiger partial charge in [0.25, 0.3) is 5.92 Å². The highest BCUT2D eigenvalue weighted by Gasteiger charge is 2.43. The van der Waals surface area contributed by atoms with Gasteiger partial charge in [-0.25, -0.2) is 18.4 Å². The Morgan fingerprint density at radius 1 is 0.864 bits per heavy atom. The fourth-order valence-electron chi connectivity index (χ4n) is 8.37. The van der Waals surface area contributed by atoms with Crippen LogP contribution >= 0.6 is 0 Å². The van der Waals surface area contributed by atoms with Crippen molar-refractivity contribution in [3.63, 3.8) is 0 Å². The summed E-state index contributed by atoms with van der Waals surface area (Å²) >= 11 is 0. The number of Topliss-reactive ketones (excluding diaryl/α,β-unsaturated/α-hetero) is 1. The number of alkyl carbamates (subject to hydrolysis) is 1. The van der Waals surface area contributed by atoms with Crippen molar-refractivity contribution in [2.24, 2.45) is 17.8 Å². The average Bonchev–Trinajstić information content (AvgIpc) is 3.50. The van der Waals surface area contributed by atoms with Crippen LogP contribution in [0.1, 0.15) is 174 Å². The van der Waals surface area contributed by atoms with E-state index in [1.807, 2.05) is 44.2 Å². The van der Waals surface area contributed by atoms with E-state index in [0.717, 1.165) is 36.9 Å². The number of benzene rings is 1. The van der Waals surface area contributed by atoms with Crippen molar-refractivity contribution in [3.05, 3.63) is 35.9 Å². The number of aliphatic carboxylic acids is 2. The maximum Gasteiger partial charge on any atom is 0.408 e. The van der Waals surface area contributed by atoms with Gasteiger partial charge in [-0.2, -0.15) is 0 Å². The van der Waals surface area contributed by atoms with Gasteiger partial charge in [0.05, 0.1) is 6.10 Å². The lowest BCUT2D eigenvalue weighted by atomic mass is 9.84. The summed E-state index contributed by atoms with van der Waals surface area (Å²) in [7, 11) is 0. The van der Waals surface area contributed by atoms with Crippen LogP contribution in [0, 0.1) is 17.8 Å². The Labute approximate surface area is 351 Å². The molecular weight excluding hydrogens is 763 g/mol. The van der Waals surface area contributed by atoms with Crippen molar-refractivity contribution in [2.45, 2.75) is 211 Å². The van der Waals surface area contributed by atoms with Crippen molar-refractivity contribution >= 4 is 23.8 Å². The number of carboxylic acids is 2. The highest BCUT2D eigenvalue weighted by Crippen LogP contribution is 2.38. The highest BCUT2D eigenvalue weighted by atomic mass is 19.3. The first kappa shape index (κ1) is 52.0. The second-order valence-corrected chi connectivity index (χ2v) is 17.1. The molecule has 338 valence electrons. The molecule has 0 heterocycles. The fraction of sp³-hybridized carbons (Fsp3) is 0.783. The molecule has 3 saturated carbocycles. The smallest absolute Gasteiger partial charge is 0.408 e. The topological polar surface area (TPSA) is 182 Å². The maximum absolute atomic E-state index is 13.9. The number of carbonyl (C=O) groups is 4. The number of unbranched alkanes of at least 4 members (excludes halogenated alkanes) is 4. The molecule has 1 unspecified atom stereocenters. The van der Waals surface area contributed by atoms with Crippen LogP contribution < -0.4 is 10.6 Å². The van der Waals surface area contributed by atoms with Gasteiger partial charge < -0.3 is 35.8 Å². The van der Waals surface area contributed by atoms with Gasteiger partial charge in [-0.05, 0) is 75.2 Å². The molecule has 0 aromatic heterocycles. The molecule has 6 N–H and O–H groups in total. The Bertz CT molecular complexity index is 1310. The van der Waals surface area contributed by atoms with Crippen LogP contribution in [0.2, 0.25) is 0 Å². The SMILES string of the molecule is C1CCC(NC2CCCCC2)CC1.CCCCC(F)(F)C(O)CC[C@H]1[C@H](O)CC(=O)[C@@H]1CCCCCCC(=O)O.CC[C@H](C)[C@H](NC(=O)OCc1ccccc1)C(=O)O. The van der Waals surface area contributed by atoms with E-state index in [1.165, 1.54) is 64.2 Å². The summed E-state index contributed by atoms with van der Waals surface area (Å²) in [5, 5.41) is 43.9. The second-order valence-electron chi connectivity index (χ2n) is 17.1. The molecule has 0 radical (unpaired) electrons. The summed E-state index contributed by atoms with van der Waals surface area (Å²) in [5.41, 5.74) is 0.855.